The molecule has 0 amide bonds. The summed E-state index contributed by atoms with van der Waals surface area (Å²) in [6.45, 7) is 6.10. The predicted molar refractivity (Wildman–Crippen MR) is 120 cm³/mol. The quantitative estimate of drug-likeness (QED) is 0.557. The van der Waals surface area contributed by atoms with E-state index in [0.29, 0.717) is 0 Å². The van der Waals surface area contributed by atoms with E-state index in [1.165, 1.54) is 22.4 Å². The average Bonchev–Trinajstić information content (AvgIpc) is 2.76. The second-order valence-electron chi connectivity index (χ2n) is 7.50. The molecule has 1 aliphatic heterocycles. The van der Waals surface area contributed by atoms with Gasteiger partial charge in [0.15, 0.2) is 5.96 Å². The third kappa shape index (κ3) is 6.48. The van der Waals surface area contributed by atoms with Crippen LogP contribution < -0.4 is 15.5 Å². The highest BCUT2D eigenvalue weighted by atomic mass is 16.5. The van der Waals surface area contributed by atoms with E-state index in [0.717, 1.165) is 51.9 Å². The maximum Gasteiger partial charge on any atom is 0.191 e. The van der Waals surface area contributed by atoms with Gasteiger partial charge in [-0.05, 0) is 28.8 Å². The fourth-order valence-electron chi connectivity index (χ4n) is 3.38. The highest BCUT2D eigenvalue weighted by Gasteiger charge is 2.12. The number of aliphatic imine (C=N–C) groups is 1. The van der Waals surface area contributed by atoms with Gasteiger partial charge in [0.1, 0.15) is 0 Å². The van der Waals surface area contributed by atoms with E-state index < -0.39 is 0 Å². The summed E-state index contributed by atoms with van der Waals surface area (Å²) < 4.78 is 5.46. The first kappa shape index (κ1) is 21.1. The average molecular weight is 396 g/mol. The van der Waals surface area contributed by atoms with Crippen LogP contribution in [0.4, 0.5) is 5.69 Å². The van der Waals surface area contributed by atoms with Gasteiger partial charge in [-0.15, -0.1) is 0 Å². The third-order valence-electron chi connectivity index (χ3n) is 5.20. The van der Waals surface area contributed by atoms with Crippen LogP contribution in [0.15, 0.2) is 53.5 Å². The summed E-state index contributed by atoms with van der Waals surface area (Å²) in [6.07, 6.45) is 0. The van der Waals surface area contributed by atoms with Gasteiger partial charge >= 0.3 is 0 Å². The van der Waals surface area contributed by atoms with Crippen LogP contribution in [0.1, 0.15) is 16.7 Å². The zero-order chi connectivity index (χ0) is 20.5. The van der Waals surface area contributed by atoms with Crippen molar-refractivity contribution in [3.8, 4) is 0 Å². The number of morpholine rings is 1. The summed E-state index contributed by atoms with van der Waals surface area (Å²) >= 11 is 0. The van der Waals surface area contributed by atoms with Crippen LogP contribution in [-0.4, -0.2) is 58.3 Å². The Balaban J connectivity index is 1.52. The van der Waals surface area contributed by atoms with Crippen LogP contribution >= 0.6 is 0 Å². The fraction of sp³-hybridized carbons (Fsp3) is 0.435. The molecule has 2 N–H and O–H groups in total. The first-order valence-electron chi connectivity index (χ1n) is 10.2. The van der Waals surface area contributed by atoms with Crippen molar-refractivity contribution in [2.24, 2.45) is 4.99 Å². The first-order chi connectivity index (χ1) is 14.2. The van der Waals surface area contributed by atoms with Gasteiger partial charge in [0.05, 0.1) is 13.2 Å². The van der Waals surface area contributed by atoms with Gasteiger partial charge in [-0.25, -0.2) is 0 Å². The molecule has 0 spiro atoms. The fourth-order valence-corrected chi connectivity index (χ4v) is 3.38. The van der Waals surface area contributed by atoms with Crippen molar-refractivity contribution in [3.63, 3.8) is 0 Å². The van der Waals surface area contributed by atoms with Gasteiger partial charge in [-0.1, -0.05) is 36.4 Å². The third-order valence-corrected chi connectivity index (χ3v) is 5.20. The number of anilines is 1. The molecule has 0 saturated carbocycles. The van der Waals surface area contributed by atoms with Crippen LogP contribution in [0.3, 0.4) is 0 Å². The molecule has 0 unspecified atom stereocenters. The van der Waals surface area contributed by atoms with Crippen molar-refractivity contribution in [3.05, 3.63) is 65.2 Å². The number of hydrogen-bond donors (Lipinski definition) is 2. The largest absolute Gasteiger partial charge is 0.379 e. The van der Waals surface area contributed by atoms with Crippen LogP contribution in [0.25, 0.3) is 0 Å². The summed E-state index contributed by atoms with van der Waals surface area (Å²) in [5, 5.41) is 6.85. The Bertz CT molecular complexity index is 782. The summed E-state index contributed by atoms with van der Waals surface area (Å²) in [7, 11) is 5.91. The Morgan fingerprint density at radius 2 is 1.62 bits per heavy atom. The zero-order valence-corrected chi connectivity index (χ0v) is 17.8. The molecule has 1 aliphatic rings. The Labute approximate surface area is 174 Å². The van der Waals surface area contributed by atoms with Crippen molar-refractivity contribution in [1.29, 1.82) is 0 Å². The molecule has 156 valence electrons. The Morgan fingerprint density at radius 1 is 0.966 bits per heavy atom. The summed E-state index contributed by atoms with van der Waals surface area (Å²) in [4.78, 5) is 8.92. The van der Waals surface area contributed by atoms with E-state index in [1.807, 2.05) is 7.05 Å². The minimum absolute atomic E-state index is 0.739. The lowest BCUT2D eigenvalue weighted by Crippen LogP contribution is -2.37. The van der Waals surface area contributed by atoms with E-state index >= 15 is 0 Å². The van der Waals surface area contributed by atoms with E-state index in [1.54, 1.807) is 0 Å². The number of benzene rings is 2. The van der Waals surface area contributed by atoms with Crippen LogP contribution in [0, 0.1) is 0 Å². The van der Waals surface area contributed by atoms with Gasteiger partial charge in [0, 0.05) is 59.6 Å². The van der Waals surface area contributed by atoms with Crippen molar-refractivity contribution < 1.29 is 4.74 Å². The van der Waals surface area contributed by atoms with E-state index in [9.17, 15) is 0 Å². The van der Waals surface area contributed by atoms with Crippen LogP contribution in [0.2, 0.25) is 0 Å². The molecule has 1 heterocycles. The highest BCUT2D eigenvalue weighted by Crippen LogP contribution is 2.14. The molecule has 6 nitrogen and oxygen atoms in total. The van der Waals surface area contributed by atoms with Crippen LogP contribution in [0.5, 0.6) is 0 Å². The Kier molecular flexibility index (Phi) is 7.90. The summed E-state index contributed by atoms with van der Waals surface area (Å²) in [5.41, 5.74) is 5.09. The highest BCUT2D eigenvalue weighted by molar-refractivity contribution is 5.79. The SMILES string of the molecule is CN=C(NCc1ccc(N(C)C)cc1)NCc1ccccc1CN1CCOCC1. The van der Waals surface area contributed by atoms with E-state index in [2.05, 4.69) is 88.1 Å². The topological polar surface area (TPSA) is 52.1 Å². The number of guanidine groups is 1. The lowest BCUT2D eigenvalue weighted by molar-refractivity contribution is 0.0341. The second-order valence-corrected chi connectivity index (χ2v) is 7.50. The number of rotatable bonds is 7. The number of nitrogens with one attached hydrogen (secondary N) is 2. The maximum absolute atomic E-state index is 5.46. The number of nitrogens with zero attached hydrogens (tertiary/aromatic N) is 3. The molecule has 0 bridgehead atoms. The molecular weight excluding hydrogens is 362 g/mol. The molecule has 1 fully saturated rings. The predicted octanol–water partition coefficient (Wildman–Crippen LogP) is 2.45. The second kappa shape index (κ2) is 10.8. The molecule has 6 heteroatoms. The number of hydrogen-bond acceptors (Lipinski definition) is 4. The lowest BCUT2D eigenvalue weighted by Gasteiger charge is -2.27. The van der Waals surface area contributed by atoms with E-state index in [-0.39, 0.29) is 0 Å². The Hall–Kier alpha value is -2.57. The molecule has 2 aromatic rings. The first-order valence-corrected chi connectivity index (χ1v) is 10.2. The van der Waals surface area contributed by atoms with Gasteiger partial charge in [0.2, 0.25) is 0 Å². The van der Waals surface area contributed by atoms with Gasteiger partial charge in [0.25, 0.3) is 0 Å². The van der Waals surface area contributed by atoms with Gasteiger partial charge in [-0.3, -0.25) is 9.89 Å². The molecule has 0 radical (unpaired) electrons. The summed E-state index contributed by atoms with van der Waals surface area (Å²) in [5.74, 6) is 0.808. The zero-order valence-electron chi connectivity index (χ0n) is 17.8. The van der Waals surface area contributed by atoms with E-state index in [4.69, 9.17) is 4.74 Å². The van der Waals surface area contributed by atoms with Gasteiger partial charge in [-0.2, -0.15) is 0 Å². The maximum atomic E-state index is 5.46. The standard InChI is InChI=1S/C23H33N5O/c1-24-23(25-16-19-8-10-22(11-9-19)27(2)3)26-17-20-6-4-5-7-21(20)18-28-12-14-29-15-13-28/h4-11H,12-18H2,1-3H3,(H2,24,25,26). The molecule has 1 saturated heterocycles. The van der Waals surface area contributed by atoms with Crippen LogP contribution in [-0.2, 0) is 24.4 Å². The van der Waals surface area contributed by atoms with Gasteiger partial charge < -0.3 is 20.3 Å². The van der Waals surface area contributed by atoms with Crippen molar-refractivity contribution >= 4 is 11.6 Å². The molecule has 0 aliphatic carbocycles. The molecule has 0 aromatic heterocycles. The summed E-state index contributed by atoms with van der Waals surface area (Å²) in [6, 6.07) is 17.2. The van der Waals surface area contributed by atoms with Crippen molar-refractivity contribution in [1.82, 2.24) is 15.5 Å². The molecule has 29 heavy (non-hydrogen) atoms. The minimum atomic E-state index is 0.739. The monoisotopic (exact) mass is 395 g/mol. The normalized spacial score (nSPS) is 15.2. The lowest BCUT2D eigenvalue weighted by atomic mass is 10.1. The smallest absolute Gasteiger partial charge is 0.191 e. The van der Waals surface area contributed by atoms with Crippen molar-refractivity contribution in [2.75, 3.05) is 52.3 Å². The minimum Gasteiger partial charge on any atom is -0.379 e. The molecule has 0 atom stereocenters. The van der Waals surface area contributed by atoms with Crippen molar-refractivity contribution in [2.45, 2.75) is 19.6 Å². The number of ether oxygens (including phenoxy) is 1. The molecule has 3 rings (SSSR count). The molecular formula is C23H33N5O. The molecule has 2 aromatic carbocycles. The Morgan fingerprint density at radius 3 is 2.28 bits per heavy atom.